The average Bonchev–Trinajstić information content (AvgIpc) is 2.53. The van der Waals surface area contributed by atoms with E-state index in [1.165, 1.54) is 5.56 Å². The Balaban J connectivity index is 2.09. The zero-order valence-electron chi connectivity index (χ0n) is 12.4. The number of rotatable bonds is 6. The van der Waals surface area contributed by atoms with Crippen LogP contribution in [0.4, 0.5) is 0 Å². The highest BCUT2D eigenvalue weighted by molar-refractivity contribution is 9.10. The van der Waals surface area contributed by atoms with Crippen LogP contribution in [0.3, 0.4) is 0 Å². The summed E-state index contributed by atoms with van der Waals surface area (Å²) in [6, 6.07) is 8.18. The van der Waals surface area contributed by atoms with Crippen molar-refractivity contribution < 1.29 is 9.47 Å². The first-order chi connectivity index (χ1) is 10.2. The maximum atomic E-state index is 5.34. The number of hydrogen-bond acceptors (Lipinski definition) is 4. The molecule has 0 saturated carbocycles. The lowest BCUT2D eigenvalue weighted by molar-refractivity contribution is 0.354. The van der Waals surface area contributed by atoms with Crippen molar-refractivity contribution in [2.24, 2.45) is 0 Å². The largest absolute Gasteiger partial charge is 0.493 e. The summed E-state index contributed by atoms with van der Waals surface area (Å²) in [6.45, 7) is 2.86. The topological polar surface area (TPSA) is 43.4 Å². The second kappa shape index (κ2) is 7.43. The van der Waals surface area contributed by atoms with E-state index < -0.39 is 0 Å². The lowest BCUT2D eigenvalue weighted by Gasteiger charge is -2.16. The van der Waals surface area contributed by atoms with Crippen LogP contribution in [0, 0.1) is 0 Å². The Morgan fingerprint density at radius 3 is 2.38 bits per heavy atom. The van der Waals surface area contributed by atoms with Gasteiger partial charge in [-0.2, -0.15) is 0 Å². The van der Waals surface area contributed by atoms with Crippen LogP contribution in [0.15, 0.2) is 41.1 Å². The number of nitrogens with zero attached hydrogens (tertiary/aromatic N) is 1. The highest BCUT2D eigenvalue weighted by Gasteiger charge is 2.11. The van der Waals surface area contributed by atoms with Crippen molar-refractivity contribution in [1.82, 2.24) is 10.3 Å². The zero-order chi connectivity index (χ0) is 15.2. The normalized spacial score (nSPS) is 12.0. The van der Waals surface area contributed by atoms with Gasteiger partial charge in [-0.3, -0.25) is 4.98 Å². The van der Waals surface area contributed by atoms with E-state index in [4.69, 9.17) is 9.47 Å². The molecule has 0 aliphatic carbocycles. The van der Waals surface area contributed by atoms with Crippen molar-refractivity contribution >= 4 is 15.9 Å². The fraction of sp³-hybridized carbons (Fsp3) is 0.312. The van der Waals surface area contributed by atoms with Crippen LogP contribution in [0.25, 0.3) is 0 Å². The second-order valence-electron chi connectivity index (χ2n) is 4.68. The number of halogens is 1. The number of aromatic nitrogens is 1. The molecule has 1 aromatic carbocycles. The Morgan fingerprint density at radius 1 is 1.14 bits per heavy atom. The summed E-state index contributed by atoms with van der Waals surface area (Å²) in [5.74, 6) is 1.45. The molecule has 1 atom stereocenters. The highest BCUT2D eigenvalue weighted by atomic mass is 79.9. The van der Waals surface area contributed by atoms with Gasteiger partial charge in [-0.25, -0.2) is 0 Å². The van der Waals surface area contributed by atoms with Crippen molar-refractivity contribution in [2.45, 2.75) is 19.5 Å². The first-order valence-corrected chi connectivity index (χ1v) is 7.48. The van der Waals surface area contributed by atoms with Crippen LogP contribution in [-0.2, 0) is 6.54 Å². The molecular formula is C16H19BrN2O2. The fourth-order valence-corrected chi connectivity index (χ4v) is 2.53. The Morgan fingerprint density at radius 2 is 1.76 bits per heavy atom. The Hall–Kier alpha value is -1.59. The number of pyridine rings is 1. The van der Waals surface area contributed by atoms with E-state index in [9.17, 15) is 0 Å². The van der Waals surface area contributed by atoms with Crippen LogP contribution < -0.4 is 14.8 Å². The summed E-state index contributed by atoms with van der Waals surface area (Å²) < 4.78 is 11.6. The summed E-state index contributed by atoms with van der Waals surface area (Å²) in [4.78, 5) is 4.04. The van der Waals surface area contributed by atoms with Crippen molar-refractivity contribution in [3.63, 3.8) is 0 Å². The maximum absolute atomic E-state index is 5.34. The fourth-order valence-electron chi connectivity index (χ4n) is 2.06. The van der Waals surface area contributed by atoms with Gasteiger partial charge in [0.2, 0.25) is 0 Å². The van der Waals surface area contributed by atoms with E-state index in [0.29, 0.717) is 0 Å². The number of methoxy groups -OCH3 is 2. The molecule has 0 amide bonds. The standard InChI is InChI=1S/C16H19BrN2O2/c1-11(12-4-6-18-7-5-12)19-10-13-8-15(20-2)16(21-3)9-14(13)17/h4-9,11,19H,10H2,1-3H3/t11-/m1/s1. The van der Waals surface area contributed by atoms with E-state index in [0.717, 1.165) is 28.1 Å². The summed E-state index contributed by atoms with van der Waals surface area (Å²) in [6.07, 6.45) is 3.61. The van der Waals surface area contributed by atoms with E-state index in [1.807, 2.05) is 24.3 Å². The number of hydrogen-bond donors (Lipinski definition) is 1. The molecule has 1 aromatic heterocycles. The van der Waals surface area contributed by atoms with Gasteiger partial charge in [0, 0.05) is 29.5 Å². The summed E-state index contributed by atoms with van der Waals surface area (Å²) in [7, 11) is 3.27. The quantitative estimate of drug-likeness (QED) is 0.862. The van der Waals surface area contributed by atoms with Crippen molar-refractivity contribution in [3.05, 3.63) is 52.3 Å². The molecule has 2 aromatic rings. The van der Waals surface area contributed by atoms with Gasteiger partial charge in [-0.1, -0.05) is 15.9 Å². The second-order valence-corrected chi connectivity index (χ2v) is 5.54. The minimum Gasteiger partial charge on any atom is -0.493 e. The lowest BCUT2D eigenvalue weighted by Crippen LogP contribution is -2.18. The molecule has 0 unspecified atom stereocenters. The predicted octanol–water partition coefficient (Wildman–Crippen LogP) is 3.71. The molecule has 112 valence electrons. The molecule has 0 aliphatic rings. The van der Waals surface area contributed by atoms with Crippen molar-refractivity contribution in [1.29, 1.82) is 0 Å². The van der Waals surface area contributed by atoms with Gasteiger partial charge in [0.25, 0.3) is 0 Å². The van der Waals surface area contributed by atoms with Gasteiger partial charge < -0.3 is 14.8 Å². The Bertz CT molecular complexity index is 590. The van der Waals surface area contributed by atoms with Crippen LogP contribution >= 0.6 is 15.9 Å². The van der Waals surface area contributed by atoms with Gasteiger partial charge in [0.15, 0.2) is 11.5 Å². The van der Waals surface area contributed by atoms with Crippen molar-refractivity contribution in [3.8, 4) is 11.5 Å². The number of nitrogens with one attached hydrogen (secondary N) is 1. The van der Waals surface area contributed by atoms with E-state index in [2.05, 4.69) is 33.2 Å². The smallest absolute Gasteiger partial charge is 0.161 e. The van der Waals surface area contributed by atoms with E-state index in [-0.39, 0.29) is 6.04 Å². The summed E-state index contributed by atoms with van der Waals surface area (Å²) in [5.41, 5.74) is 2.33. The van der Waals surface area contributed by atoms with Gasteiger partial charge in [0.05, 0.1) is 14.2 Å². The molecule has 0 radical (unpaired) electrons. The number of ether oxygens (including phenoxy) is 2. The molecule has 5 heteroatoms. The molecule has 0 spiro atoms. The van der Waals surface area contributed by atoms with Crippen LogP contribution in [-0.4, -0.2) is 19.2 Å². The average molecular weight is 351 g/mol. The molecule has 0 bridgehead atoms. The molecule has 0 fully saturated rings. The first-order valence-electron chi connectivity index (χ1n) is 6.69. The van der Waals surface area contributed by atoms with Gasteiger partial charge >= 0.3 is 0 Å². The van der Waals surface area contributed by atoms with Crippen molar-refractivity contribution in [2.75, 3.05) is 14.2 Å². The monoisotopic (exact) mass is 350 g/mol. The summed E-state index contributed by atoms with van der Waals surface area (Å²) in [5, 5.41) is 3.49. The number of benzene rings is 1. The minimum atomic E-state index is 0.244. The van der Waals surface area contributed by atoms with E-state index in [1.54, 1.807) is 26.6 Å². The molecule has 2 rings (SSSR count). The zero-order valence-corrected chi connectivity index (χ0v) is 14.0. The Labute approximate surface area is 133 Å². The highest BCUT2D eigenvalue weighted by Crippen LogP contribution is 2.33. The van der Waals surface area contributed by atoms with Crippen LogP contribution in [0.1, 0.15) is 24.1 Å². The molecule has 1 N–H and O–H groups in total. The first kappa shape index (κ1) is 15.8. The molecule has 21 heavy (non-hydrogen) atoms. The summed E-state index contributed by atoms with van der Waals surface area (Å²) >= 11 is 3.57. The predicted molar refractivity (Wildman–Crippen MR) is 86.7 cm³/mol. The van der Waals surface area contributed by atoms with E-state index >= 15 is 0 Å². The molecule has 0 aliphatic heterocycles. The van der Waals surface area contributed by atoms with Gasteiger partial charge in [-0.05, 0) is 42.3 Å². The third-order valence-electron chi connectivity index (χ3n) is 3.36. The molecular weight excluding hydrogens is 332 g/mol. The minimum absolute atomic E-state index is 0.244. The van der Waals surface area contributed by atoms with Gasteiger partial charge in [-0.15, -0.1) is 0 Å². The van der Waals surface area contributed by atoms with Gasteiger partial charge in [0.1, 0.15) is 0 Å². The molecule has 4 nitrogen and oxygen atoms in total. The third kappa shape index (κ3) is 3.95. The lowest BCUT2D eigenvalue weighted by atomic mass is 10.1. The molecule has 1 heterocycles. The molecule has 0 saturated heterocycles. The van der Waals surface area contributed by atoms with Crippen LogP contribution in [0.5, 0.6) is 11.5 Å². The maximum Gasteiger partial charge on any atom is 0.161 e. The Kier molecular flexibility index (Phi) is 5.59. The SMILES string of the molecule is COc1cc(Br)c(CN[C@H](C)c2ccncc2)cc1OC. The van der Waals surface area contributed by atoms with Crippen LogP contribution in [0.2, 0.25) is 0 Å². The third-order valence-corrected chi connectivity index (χ3v) is 4.10.